The molecule has 0 aliphatic rings. The molecule has 1 aromatic carbocycles. The third kappa shape index (κ3) is 4.22. The number of hydrogen-bond donors (Lipinski definition) is 1. The maximum atomic E-state index is 14.1. The molecular formula is C19H20FNO4. The van der Waals surface area contributed by atoms with Gasteiger partial charge in [-0.2, -0.15) is 0 Å². The van der Waals surface area contributed by atoms with E-state index in [1.807, 2.05) is 0 Å². The summed E-state index contributed by atoms with van der Waals surface area (Å²) in [7, 11) is 0. The third-order valence-corrected chi connectivity index (χ3v) is 3.49. The number of pyridine rings is 1. The second-order valence-electron chi connectivity index (χ2n) is 5.81. The molecule has 1 heterocycles. The van der Waals surface area contributed by atoms with E-state index in [1.54, 1.807) is 26.8 Å². The minimum absolute atomic E-state index is 0.0624. The number of aliphatic hydroxyl groups is 1. The molecule has 25 heavy (non-hydrogen) atoms. The lowest BCUT2D eigenvalue weighted by Gasteiger charge is -2.19. The first-order valence-corrected chi connectivity index (χ1v) is 7.76. The van der Waals surface area contributed by atoms with Gasteiger partial charge in [0.2, 0.25) is 5.88 Å². The summed E-state index contributed by atoms with van der Waals surface area (Å²) in [4.78, 5) is 16.2. The van der Waals surface area contributed by atoms with Crippen molar-refractivity contribution in [3.05, 3.63) is 59.5 Å². The van der Waals surface area contributed by atoms with Crippen molar-refractivity contribution in [1.82, 2.24) is 4.98 Å². The van der Waals surface area contributed by atoms with Crippen LogP contribution in [0.25, 0.3) is 6.08 Å². The van der Waals surface area contributed by atoms with Crippen LogP contribution in [0.15, 0.2) is 37.0 Å². The molecule has 0 saturated carbocycles. The molecule has 5 nitrogen and oxygen atoms in total. The Labute approximate surface area is 145 Å². The first-order chi connectivity index (χ1) is 11.8. The van der Waals surface area contributed by atoms with Gasteiger partial charge in [-0.15, -0.1) is 0 Å². The van der Waals surface area contributed by atoms with Gasteiger partial charge < -0.3 is 14.6 Å². The molecule has 0 radical (unpaired) electrons. The molecule has 2 aromatic rings. The summed E-state index contributed by atoms with van der Waals surface area (Å²) in [5, 5.41) is 10.1. The second kappa shape index (κ2) is 7.44. The van der Waals surface area contributed by atoms with E-state index in [0.717, 1.165) is 0 Å². The number of hydrogen-bond acceptors (Lipinski definition) is 5. The molecule has 2 rings (SSSR count). The maximum absolute atomic E-state index is 14.1. The summed E-state index contributed by atoms with van der Waals surface area (Å²) < 4.78 is 24.7. The predicted molar refractivity (Wildman–Crippen MR) is 92.0 cm³/mol. The lowest BCUT2D eigenvalue weighted by atomic mass is 9.98. The highest BCUT2D eigenvalue weighted by Gasteiger charge is 2.22. The first kappa shape index (κ1) is 18.6. The highest BCUT2D eigenvalue weighted by atomic mass is 19.1. The van der Waals surface area contributed by atoms with E-state index in [2.05, 4.69) is 11.6 Å². The molecule has 0 fully saturated rings. The fourth-order valence-electron chi connectivity index (χ4n) is 2.18. The minimum Gasteiger partial charge on any atom is -0.462 e. The summed E-state index contributed by atoms with van der Waals surface area (Å²) in [5.41, 5.74) is -0.192. The van der Waals surface area contributed by atoms with Gasteiger partial charge in [-0.3, -0.25) is 0 Å². The Balaban J connectivity index is 2.51. The SMILES string of the molecule is C=Cc1ccnc(Oc2cc(C(C)(C)O)ccc2F)c1C(=O)OCC. The van der Waals surface area contributed by atoms with Gasteiger partial charge in [0.25, 0.3) is 0 Å². The van der Waals surface area contributed by atoms with Crippen molar-refractivity contribution in [2.24, 2.45) is 0 Å². The lowest BCUT2D eigenvalue weighted by molar-refractivity contribution is 0.0522. The Morgan fingerprint density at radius 1 is 1.40 bits per heavy atom. The van der Waals surface area contributed by atoms with Gasteiger partial charge in [-0.25, -0.2) is 14.2 Å². The van der Waals surface area contributed by atoms with E-state index in [0.29, 0.717) is 11.1 Å². The zero-order valence-electron chi connectivity index (χ0n) is 14.4. The molecule has 1 aromatic heterocycles. The van der Waals surface area contributed by atoms with Gasteiger partial charge in [-0.05, 0) is 50.1 Å². The smallest absolute Gasteiger partial charge is 0.344 e. The highest BCUT2D eigenvalue weighted by molar-refractivity contribution is 5.96. The fourth-order valence-corrected chi connectivity index (χ4v) is 2.18. The van der Waals surface area contributed by atoms with E-state index < -0.39 is 17.4 Å². The zero-order chi connectivity index (χ0) is 18.6. The highest BCUT2D eigenvalue weighted by Crippen LogP contribution is 2.31. The largest absolute Gasteiger partial charge is 0.462 e. The predicted octanol–water partition coefficient (Wildman–Crippen LogP) is 4.06. The van der Waals surface area contributed by atoms with Crippen LogP contribution in [0.1, 0.15) is 42.3 Å². The van der Waals surface area contributed by atoms with Crippen molar-refractivity contribution < 1.29 is 23.8 Å². The summed E-state index contributed by atoms with van der Waals surface area (Å²) in [6, 6.07) is 5.59. The van der Waals surface area contributed by atoms with Crippen molar-refractivity contribution in [1.29, 1.82) is 0 Å². The van der Waals surface area contributed by atoms with Crippen LogP contribution in [0.3, 0.4) is 0 Å². The number of nitrogens with zero attached hydrogens (tertiary/aromatic N) is 1. The van der Waals surface area contributed by atoms with E-state index in [9.17, 15) is 14.3 Å². The fraction of sp³-hybridized carbons (Fsp3) is 0.263. The molecule has 132 valence electrons. The molecule has 0 aliphatic heterocycles. The average Bonchev–Trinajstić information content (AvgIpc) is 2.55. The van der Waals surface area contributed by atoms with Crippen LogP contribution in [0, 0.1) is 5.82 Å². The standard InChI is InChI=1S/C19H20FNO4/c1-5-12-9-10-21-17(16(12)18(22)24-6-2)25-15-11-13(19(3,4)23)7-8-14(15)20/h5,7-11,23H,1,6H2,2-4H3. The van der Waals surface area contributed by atoms with Crippen molar-refractivity contribution in [3.63, 3.8) is 0 Å². The lowest BCUT2D eigenvalue weighted by Crippen LogP contribution is -2.15. The van der Waals surface area contributed by atoms with E-state index in [1.165, 1.54) is 30.5 Å². The number of ether oxygens (including phenoxy) is 2. The van der Waals surface area contributed by atoms with Gasteiger partial charge in [0.05, 0.1) is 12.2 Å². The Bertz CT molecular complexity index is 796. The summed E-state index contributed by atoms with van der Waals surface area (Å²) >= 11 is 0. The molecule has 1 N–H and O–H groups in total. The number of carbonyl (C=O) groups excluding carboxylic acids is 1. The van der Waals surface area contributed by atoms with Gasteiger partial charge in [0.15, 0.2) is 11.6 Å². The molecule has 0 unspecified atom stereocenters. The van der Waals surface area contributed by atoms with Crippen molar-refractivity contribution >= 4 is 12.0 Å². The number of esters is 1. The normalized spacial score (nSPS) is 11.1. The second-order valence-corrected chi connectivity index (χ2v) is 5.81. The topological polar surface area (TPSA) is 68.7 Å². The van der Waals surface area contributed by atoms with E-state index in [-0.39, 0.29) is 23.8 Å². The molecule has 0 amide bonds. The zero-order valence-corrected chi connectivity index (χ0v) is 14.4. The Kier molecular flexibility index (Phi) is 5.54. The Morgan fingerprint density at radius 2 is 2.12 bits per heavy atom. The molecular weight excluding hydrogens is 325 g/mol. The Morgan fingerprint density at radius 3 is 2.72 bits per heavy atom. The van der Waals surface area contributed by atoms with Crippen LogP contribution in [0.2, 0.25) is 0 Å². The van der Waals surface area contributed by atoms with Crippen LogP contribution in [-0.2, 0) is 10.3 Å². The number of aromatic nitrogens is 1. The minimum atomic E-state index is -1.17. The first-order valence-electron chi connectivity index (χ1n) is 7.76. The van der Waals surface area contributed by atoms with Crippen molar-refractivity contribution in [2.75, 3.05) is 6.61 Å². The monoisotopic (exact) mass is 345 g/mol. The molecule has 0 saturated heterocycles. The van der Waals surface area contributed by atoms with Crippen molar-refractivity contribution in [3.8, 4) is 11.6 Å². The average molecular weight is 345 g/mol. The van der Waals surface area contributed by atoms with Gasteiger partial charge >= 0.3 is 5.97 Å². The number of halogens is 1. The van der Waals surface area contributed by atoms with E-state index >= 15 is 0 Å². The Hall–Kier alpha value is -2.73. The van der Waals surface area contributed by atoms with Gasteiger partial charge in [0, 0.05) is 6.20 Å². The van der Waals surface area contributed by atoms with Crippen LogP contribution < -0.4 is 4.74 Å². The quantitative estimate of drug-likeness (QED) is 0.800. The van der Waals surface area contributed by atoms with Crippen molar-refractivity contribution in [2.45, 2.75) is 26.4 Å². The van der Waals surface area contributed by atoms with Gasteiger partial charge in [0.1, 0.15) is 5.56 Å². The summed E-state index contributed by atoms with van der Waals surface area (Å²) in [6.07, 6.45) is 2.89. The summed E-state index contributed by atoms with van der Waals surface area (Å²) in [5.74, 6) is -1.53. The van der Waals surface area contributed by atoms with Crippen LogP contribution >= 0.6 is 0 Å². The molecule has 0 spiro atoms. The van der Waals surface area contributed by atoms with E-state index in [4.69, 9.17) is 9.47 Å². The molecule has 0 bridgehead atoms. The van der Waals surface area contributed by atoms with Crippen LogP contribution in [0.5, 0.6) is 11.6 Å². The number of carbonyl (C=O) groups is 1. The number of rotatable bonds is 6. The maximum Gasteiger partial charge on any atom is 0.344 e. The molecule has 0 atom stereocenters. The molecule has 6 heteroatoms. The van der Waals surface area contributed by atoms with Gasteiger partial charge in [-0.1, -0.05) is 18.7 Å². The van der Waals surface area contributed by atoms with Crippen LogP contribution in [0.4, 0.5) is 4.39 Å². The van der Waals surface area contributed by atoms with Crippen LogP contribution in [-0.4, -0.2) is 22.7 Å². The summed E-state index contributed by atoms with van der Waals surface area (Å²) in [6.45, 7) is 8.64. The third-order valence-electron chi connectivity index (χ3n) is 3.49. The molecule has 0 aliphatic carbocycles. The number of benzene rings is 1.